The van der Waals surface area contributed by atoms with Crippen molar-refractivity contribution in [1.82, 2.24) is 4.98 Å². The van der Waals surface area contributed by atoms with Gasteiger partial charge in [0.15, 0.2) is 0 Å². The summed E-state index contributed by atoms with van der Waals surface area (Å²) in [5, 5.41) is 6.93. The van der Waals surface area contributed by atoms with Crippen LogP contribution in [0.5, 0.6) is 0 Å². The van der Waals surface area contributed by atoms with Crippen LogP contribution in [-0.4, -0.2) is 41.1 Å². The van der Waals surface area contributed by atoms with E-state index in [0.29, 0.717) is 6.42 Å². The number of carbonyl (C=O) groups excluding carboxylic acids is 1. The van der Waals surface area contributed by atoms with Gasteiger partial charge < -0.3 is 0 Å². The van der Waals surface area contributed by atoms with Crippen molar-refractivity contribution in [3.63, 3.8) is 0 Å². The summed E-state index contributed by atoms with van der Waals surface area (Å²) in [6, 6.07) is 11.9. The number of hydrogen-bond donors (Lipinski definition) is 1. The van der Waals surface area contributed by atoms with Crippen molar-refractivity contribution in [1.29, 1.82) is 0 Å². The van der Waals surface area contributed by atoms with Crippen LogP contribution in [0.15, 0.2) is 53.9 Å². The third-order valence-electron chi connectivity index (χ3n) is 3.97. The molecule has 0 fully saturated rings. The van der Waals surface area contributed by atoms with Crippen LogP contribution in [0.25, 0.3) is 0 Å². The molecule has 1 atom stereocenters. The fraction of sp³-hybridized carbons (Fsp3) is 0.278. The first-order chi connectivity index (χ1) is 11.4. The summed E-state index contributed by atoms with van der Waals surface area (Å²) in [5.74, 6) is -0.176. The normalized spacial score (nSPS) is 17.1. The van der Waals surface area contributed by atoms with Crippen molar-refractivity contribution in [2.75, 3.05) is 5.32 Å². The van der Waals surface area contributed by atoms with Gasteiger partial charge in [-0.05, 0) is 0 Å². The Morgan fingerprint density at radius 3 is 2.58 bits per heavy atom. The van der Waals surface area contributed by atoms with E-state index in [2.05, 4.69) is 42.4 Å². The van der Waals surface area contributed by atoms with E-state index in [9.17, 15) is 4.79 Å². The molecule has 0 aliphatic carbocycles. The van der Waals surface area contributed by atoms with Gasteiger partial charge >= 0.3 is 140 Å². The molecular formula is C18H21N3O2Sn. The molecule has 1 aliphatic heterocycles. The van der Waals surface area contributed by atoms with Gasteiger partial charge in [0.25, 0.3) is 0 Å². The van der Waals surface area contributed by atoms with Crippen LogP contribution in [0.2, 0.25) is 14.8 Å². The summed E-state index contributed by atoms with van der Waals surface area (Å²) in [5.41, 5.74) is 2.42. The average Bonchev–Trinajstić information content (AvgIpc) is 3.05. The van der Waals surface area contributed by atoms with E-state index in [0.717, 1.165) is 17.0 Å². The van der Waals surface area contributed by atoms with Crippen LogP contribution in [-0.2, 0) is 9.63 Å². The van der Waals surface area contributed by atoms with Crippen molar-refractivity contribution in [2.24, 2.45) is 5.16 Å². The Morgan fingerprint density at radius 2 is 1.96 bits per heavy atom. The molecule has 0 spiro atoms. The van der Waals surface area contributed by atoms with Crippen molar-refractivity contribution in [3.8, 4) is 0 Å². The molecule has 0 saturated carbocycles. The summed E-state index contributed by atoms with van der Waals surface area (Å²) >= 11 is -2.06. The molecule has 0 bridgehead atoms. The molecule has 124 valence electrons. The number of nitrogens with one attached hydrogen (secondary N) is 1. The van der Waals surface area contributed by atoms with Gasteiger partial charge in [0.1, 0.15) is 0 Å². The molecule has 1 aliphatic rings. The number of amides is 1. The van der Waals surface area contributed by atoms with Crippen LogP contribution in [0.3, 0.4) is 0 Å². The molecule has 0 saturated heterocycles. The van der Waals surface area contributed by atoms with E-state index in [1.807, 2.05) is 24.3 Å². The predicted octanol–water partition coefficient (Wildman–Crippen LogP) is 2.76. The molecule has 1 unspecified atom stereocenters. The van der Waals surface area contributed by atoms with Crippen LogP contribution >= 0.6 is 0 Å². The molecule has 2 aromatic rings. The van der Waals surface area contributed by atoms with E-state index in [4.69, 9.17) is 4.84 Å². The summed E-state index contributed by atoms with van der Waals surface area (Å²) in [6.07, 6.45) is 3.28. The molecule has 6 heteroatoms. The van der Waals surface area contributed by atoms with E-state index in [-0.39, 0.29) is 5.91 Å². The fourth-order valence-corrected chi connectivity index (χ4v) is 5.83. The number of carbonyl (C=O) groups is 1. The van der Waals surface area contributed by atoms with Gasteiger partial charge in [-0.25, -0.2) is 0 Å². The zero-order valence-electron chi connectivity index (χ0n) is 14.1. The van der Waals surface area contributed by atoms with E-state index in [1.54, 1.807) is 12.4 Å². The number of aromatic nitrogens is 1. The van der Waals surface area contributed by atoms with E-state index < -0.39 is 24.5 Å². The van der Waals surface area contributed by atoms with Gasteiger partial charge in [-0.15, -0.1) is 0 Å². The number of nitrogens with zero attached hydrogens (tertiary/aromatic N) is 2. The minimum atomic E-state index is -2.06. The summed E-state index contributed by atoms with van der Waals surface area (Å²) < 4.78 is 1.43. The standard InChI is InChI=1S/C15H12N3O2.3CH3.Sn/c19-15(17-12-6-2-1-3-7-12)14-9-13(18-20-14)11-5-4-8-16-10-11;;;;/h2-8,10,14H,9H2,(H,17,19);3*1H3;. The molecule has 1 amide bonds. The SMILES string of the molecule is [CH3][Sn]([CH3])([CH3])[c]1ccc(NC(=O)C2CC(c3cccnc3)=NO2)cc1. The van der Waals surface area contributed by atoms with Crippen molar-refractivity contribution in [2.45, 2.75) is 27.3 Å². The monoisotopic (exact) mass is 431 g/mol. The van der Waals surface area contributed by atoms with Crippen LogP contribution in [0, 0.1) is 0 Å². The van der Waals surface area contributed by atoms with Crippen molar-refractivity contribution < 1.29 is 9.63 Å². The zero-order chi connectivity index (χ0) is 17.2. The van der Waals surface area contributed by atoms with Gasteiger partial charge in [-0.1, -0.05) is 0 Å². The van der Waals surface area contributed by atoms with Crippen LogP contribution in [0.1, 0.15) is 12.0 Å². The minimum absolute atomic E-state index is 0.176. The Bertz CT molecular complexity index is 752. The Morgan fingerprint density at radius 1 is 1.21 bits per heavy atom. The molecule has 5 nitrogen and oxygen atoms in total. The third kappa shape index (κ3) is 3.95. The second kappa shape index (κ2) is 6.92. The first-order valence-electron chi connectivity index (χ1n) is 7.98. The summed E-state index contributed by atoms with van der Waals surface area (Å²) in [6.45, 7) is 0. The fourth-order valence-electron chi connectivity index (χ4n) is 2.50. The first-order valence-corrected chi connectivity index (χ1v) is 18.0. The number of anilines is 1. The Balaban J connectivity index is 1.61. The third-order valence-corrected chi connectivity index (χ3v) is 9.87. The zero-order valence-corrected chi connectivity index (χ0v) is 17.0. The van der Waals surface area contributed by atoms with Gasteiger partial charge in [0.05, 0.1) is 0 Å². The summed E-state index contributed by atoms with van der Waals surface area (Å²) in [4.78, 5) is 28.8. The molecule has 0 radical (unpaired) electrons. The molecule has 1 aromatic carbocycles. The van der Waals surface area contributed by atoms with Gasteiger partial charge in [0.2, 0.25) is 0 Å². The Hall–Kier alpha value is -1.89. The number of hydrogen-bond acceptors (Lipinski definition) is 4. The Labute approximate surface area is 146 Å². The number of rotatable bonds is 4. The van der Waals surface area contributed by atoms with E-state index in [1.165, 1.54) is 3.58 Å². The second-order valence-electron chi connectivity index (χ2n) is 6.89. The van der Waals surface area contributed by atoms with Gasteiger partial charge in [-0.2, -0.15) is 0 Å². The Kier molecular flexibility index (Phi) is 4.89. The number of oxime groups is 1. The van der Waals surface area contributed by atoms with Crippen LogP contribution < -0.4 is 8.90 Å². The van der Waals surface area contributed by atoms with Crippen LogP contribution in [0.4, 0.5) is 5.69 Å². The number of benzene rings is 1. The molecule has 1 aromatic heterocycles. The molecular weight excluding hydrogens is 409 g/mol. The molecule has 1 N–H and O–H groups in total. The maximum absolute atomic E-state index is 12.4. The van der Waals surface area contributed by atoms with Crippen molar-refractivity contribution in [3.05, 3.63) is 54.4 Å². The summed E-state index contributed by atoms with van der Waals surface area (Å²) in [7, 11) is 0. The maximum atomic E-state index is 12.4. The number of pyridine rings is 1. The predicted molar refractivity (Wildman–Crippen MR) is 98.3 cm³/mol. The van der Waals surface area contributed by atoms with E-state index >= 15 is 0 Å². The van der Waals surface area contributed by atoms with Crippen molar-refractivity contribution >= 4 is 39.3 Å². The quantitative estimate of drug-likeness (QED) is 0.760. The topological polar surface area (TPSA) is 63.6 Å². The second-order valence-corrected chi connectivity index (χ2v) is 21.4. The molecule has 3 rings (SSSR count). The molecule has 2 heterocycles. The molecule has 24 heavy (non-hydrogen) atoms. The first kappa shape index (κ1) is 16.9. The average molecular weight is 430 g/mol. The van der Waals surface area contributed by atoms with Gasteiger partial charge in [-0.3, -0.25) is 0 Å². The van der Waals surface area contributed by atoms with Gasteiger partial charge in [0, 0.05) is 6.20 Å².